The molecule has 0 amide bonds. The fourth-order valence-corrected chi connectivity index (χ4v) is 2.91. The highest BCUT2D eigenvalue weighted by molar-refractivity contribution is 9.10. The second kappa shape index (κ2) is 5.47. The molecule has 2 unspecified atom stereocenters. The van der Waals surface area contributed by atoms with E-state index in [9.17, 15) is 10.4 Å². The van der Waals surface area contributed by atoms with Crippen LogP contribution in [-0.4, -0.2) is 16.7 Å². The molecule has 0 spiro atoms. The average Bonchev–Trinajstić information content (AvgIpc) is 2.54. The number of rotatable bonds is 2. The Balaban J connectivity index is 2.10. The number of pyridine rings is 1. The Morgan fingerprint density at radius 3 is 2.86 bits per heavy atom. The summed E-state index contributed by atoms with van der Waals surface area (Å²) in [6.45, 7) is 0.401. The molecule has 21 heavy (non-hydrogen) atoms. The second-order valence-electron chi connectivity index (χ2n) is 4.98. The van der Waals surface area contributed by atoms with Gasteiger partial charge in [-0.3, -0.25) is 4.98 Å². The Morgan fingerprint density at radius 2 is 2.14 bits per heavy atom. The molecule has 4 nitrogen and oxygen atoms in total. The topological polar surface area (TPSA) is 66.1 Å². The Morgan fingerprint density at radius 1 is 1.33 bits per heavy atom. The number of aliphatic hydroxyl groups is 1. The number of aromatic nitrogens is 1. The van der Waals surface area contributed by atoms with Crippen molar-refractivity contribution < 1.29 is 9.84 Å². The van der Waals surface area contributed by atoms with E-state index in [4.69, 9.17) is 4.74 Å². The highest BCUT2D eigenvalue weighted by Gasteiger charge is 2.45. The van der Waals surface area contributed by atoms with Crippen molar-refractivity contribution in [3.63, 3.8) is 0 Å². The van der Waals surface area contributed by atoms with E-state index in [1.807, 2.05) is 30.3 Å². The lowest BCUT2D eigenvalue weighted by Crippen LogP contribution is -2.38. The van der Waals surface area contributed by atoms with E-state index >= 15 is 0 Å². The molecule has 0 aliphatic carbocycles. The van der Waals surface area contributed by atoms with E-state index in [-0.39, 0.29) is 0 Å². The fourth-order valence-electron chi connectivity index (χ4n) is 2.68. The first-order valence-electron chi connectivity index (χ1n) is 6.60. The van der Waals surface area contributed by atoms with Crippen LogP contribution in [0, 0.1) is 11.3 Å². The molecule has 3 rings (SSSR count). The predicted octanol–water partition coefficient (Wildman–Crippen LogP) is 3.12. The van der Waals surface area contributed by atoms with E-state index in [0.717, 1.165) is 10.0 Å². The van der Waals surface area contributed by atoms with Crippen molar-refractivity contribution >= 4 is 15.9 Å². The number of benzene rings is 1. The largest absolute Gasteiger partial charge is 0.493 e. The summed E-state index contributed by atoms with van der Waals surface area (Å²) in [4.78, 5) is 4.23. The molecular formula is C16H13BrN2O2. The molecule has 1 aromatic heterocycles. The lowest BCUT2D eigenvalue weighted by atomic mass is 9.72. The first-order chi connectivity index (χ1) is 10.2. The van der Waals surface area contributed by atoms with Gasteiger partial charge in [0.2, 0.25) is 0 Å². The zero-order valence-corrected chi connectivity index (χ0v) is 12.7. The molecule has 0 saturated heterocycles. The normalized spacial score (nSPS) is 21.8. The van der Waals surface area contributed by atoms with Crippen LogP contribution in [-0.2, 0) is 5.41 Å². The van der Waals surface area contributed by atoms with Crippen molar-refractivity contribution in [2.24, 2.45) is 0 Å². The monoisotopic (exact) mass is 344 g/mol. The summed E-state index contributed by atoms with van der Waals surface area (Å²) in [6.07, 6.45) is 1.05. The van der Waals surface area contributed by atoms with Crippen LogP contribution in [0.4, 0.5) is 0 Å². The van der Waals surface area contributed by atoms with Crippen molar-refractivity contribution in [3.05, 3.63) is 58.3 Å². The summed E-state index contributed by atoms with van der Waals surface area (Å²) in [5.41, 5.74) is 0.169. The number of para-hydroxylation sites is 1. The minimum atomic E-state index is -1.03. The maximum absolute atomic E-state index is 10.8. The molecule has 1 N–H and O–H groups in total. The smallest absolute Gasteiger partial charge is 0.124 e. The van der Waals surface area contributed by atoms with Gasteiger partial charge >= 0.3 is 0 Å². The van der Waals surface area contributed by atoms with Gasteiger partial charge in [-0.1, -0.05) is 18.2 Å². The number of halogens is 1. The molecular weight excluding hydrogens is 332 g/mol. The maximum atomic E-state index is 10.8. The highest BCUT2D eigenvalue weighted by atomic mass is 79.9. The number of hydrogen-bond donors (Lipinski definition) is 1. The molecule has 1 aliphatic heterocycles. The second-order valence-corrected chi connectivity index (χ2v) is 5.90. The minimum Gasteiger partial charge on any atom is -0.493 e. The quantitative estimate of drug-likeness (QED) is 0.908. The maximum Gasteiger partial charge on any atom is 0.124 e. The van der Waals surface area contributed by atoms with Crippen molar-refractivity contribution in [2.75, 3.05) is 6.61 Å². The van der Waals surface area contributed by atoms with Gasteiger partial charge in [-0.25, -0.2) is 0 Å². The Labute approximate surface area is 131 Å². The van der Waals surface area contributed by atoms with Crippen molar-refractivity contribution in [3.8, 4) is 11.8 Å². The molecule has 1 aromatic carbocycles. The van der Waals surface area contributed by atoms with Gasteiger partial charge in [-0.15, -0.1) is 0 Å². The van der Waals surface area contributed by atoms with Crippen LogP contribution in [0.1, 0.15) is 23.8 Å². The van der Waals surface area contributed by atoms with Crippen LogP contribution in [0.25, 0.3) is 0 Å². The number of fused-ring (bicyclic) bond motifs is 1. The van der Waals surface area contributed by atoms with Crippen LogP contribution in [0.15, 0.2) is 47.1 Å². The SMILES string of the molecule is N#CC1(C(O)c2ccc(Br)cn2)CCOc2ccccc21. The molecule has 0 saturated carbocycles. The van der Waals surface area contributed by atoms with Gasteiger partial charge in [0.05, 0.1) is 18.4 Å². The molecule has 0 bridgehead atoms. The average molecular weight is 345 g/mol. The zero-order valence-electron chi connectivity index (χ0n) is 11.2. The van der Waals surface area contributed by atoms with E-state index in [1.54, 1.807) is 12.3 Å². The predicted molar refractivity (Wildman–Crippen MR) is 80.7 cm³/mol. The van der Waals surface area contributed by atoms with Crippen molar-refractivity contribution in [1.82, 2.24) is 4.98 Å². The van der Waals surface area contributed by atoms with Gasteiger partial charge in [0.1, 0.15) is 17.3 Å². The first kappa shape index (κ1) is 14.1. The van der Waals surface area contributed by atoms with E-state index in [1.165, 1.54) is 0 Å². The molecule has 2 heterocycles. The molecule has 1 aliphatic rings. The van der Waals surface area contributed by atoms with Gasteiger partial charge in [-0.05, 0) is 34.1 Å². The third-order valence-corrected chi connectivity index (χ3v) is 4.29. The molecule has 0 radical (unpaired) electrons. The number of nitrogens with zero attached hydrogens (tertiary/aromatic N) is 2. The number of aliphatic hydroxyl groups excluding tert-OH is 1. The lowest BCUT2D eigenvalue weighted by Gasteiger charge is -2.36. The van der Waals surface area contributed by atoms with Gasteiger partial charge in [0.15, 0.2) is 0 Å². The third kappa shape index (κ3) is 2.31. The van der Waals surface area contributed by atoms with Crippen LogP contribution in [0.2, 0.25) is 0 Å². The Hall–Kier alpha value is -1.90. The minimum absolute atomic E-state index is 0.401. The van der Waals surface area contributed by atoms with Gasteiger partial charge < -0.3 is 9.84 Å². The molecule has 2 aromatic rings. The summed E-state index contributed by atoms with van der Waals surface area (Å²) in [5.74, 6) is 0.654. The van der Waals surface area contributed by atoms with Gasteiger partial charge in [-0.2, -0.15) is 5.26 Å². The first-order valence-corrected chi connectivity index (χ1v) is 7.40. The number of ether oxygens (including phenoxy) is 1. The molecule has 106 valence electrons. The summed E-state index contributed by atoms with van der Waals surface area (Å²) in [7, 11) is 0. The third-order valence-electron chi connectivity index (χ3n) is 3.82. The van der Waals surface area contributed by atoms with Gasteiger partial charge in [0.25, 0.3) is 0 Å². The fraction of sp³-hybridized carbons (Fsp3) is 0.250. The van der Waals surface area contributed by atoms with E-state index in [2.05, 4.69) is 27.0 Å². The Kier molecular flexibility index (Phi) is 3.66. The number of hydrogen-bond acceptors (Lipinski definition) is 4. The summed E-state index contributed by atoms with van der Waals surface area (Å²) in [5, 5.41) is 20.5. The van der Waals surface area contributed by atoms with Crippen LogP contribution in [0.5, 0.6) is 5.75 Å². The zero-order chi connectivity index (χ0) is 14.9. The summed E-state index contributed by atoms with van der Waals surface area (Å²) >= 11 is 3.32. The van der Waals surface area contributed by atoms with Gasteiger partial charge in [0, 0.05) is 22.7 Å². The van der Waals surface area contributed by atoms with E-state index < -0.39 is 11.5 Å². The van der Waals surface area contributed by atoms with Crippen LogP contribution < -0.4 is 4.74 Å². The van der Waals surface area contributed by atoms with Crippen molar-refractivity contribution in [2.45, 2.75) is 17.9 Å². The number of nitriles is 1. The summed E-state index contributed by atoms with van der Waals surface area (Å²) < 4.78 is 6.43. The highest BCUT2D eigenvalue weighted by Crippen LogP contribution is 2.46. The lowest BCUT2D eigenvalue weighted by molar-refractivity contribution is 0.0773. The molecule has 0 fully saturated rings. The molecule has 2 atom stereocenters. The summed E-state index contributed by atoms with van der Waals surface area (Å²) in [6, 6.07) is 13.2. The van der Waals surface area contributed by atoms with Crippen LogP contribution in [0.3, 0.4) is 0 Å². The van der Waals surface area contributed by atoms with E-state index in [0.29, 0.717) is 24.5 Å². The van der Waals surface area contributed by atoms with Crippen LogP contribution >= 0.6 is 15.9 Å². The molecule has 5 heteroatoms. The standard InChI is InChI=1S/C16H13BrN2O2/c17-11-5-6-13(19-9-11)15(20)16(10-18)7-8-21-14-4-2-1-3-12(14)16/h1-6,9,15,20H,7-8H2. The Bertz CT molecular complexity index is 696. The van der Waals surface area contributed by atoms with Crippen molar-refractivity contribution in [1.29, 1.82) is 5.26 Å².